The molecule has 5 nitrogen and oxygen atoms in total. The van der Waals surface area contributed by atoms with Crippen LogP contribution in [0.4, 0.5) is 10.5 Å². The number of nitrogens with zero attached hydrogens (tertiary/aromatic N) is 2. The van der Waals surface area contributed by atoms with Gasteiger partial charge in [0, 0.05) is 31.9 Å². The van der Waals surface area contributed by atoms with Gasteiger partial charge < -0.3 is 19.9 Å². The van der Waals surface area contributed by atoms with Gasteiger partial charge in [0.05, 0.1) is 13.1 Å². The summed E-state index contributed by atoms with van der Waals surface area (Å²) in [6, 6.07) is 14.2. The second-order valence-electron chi connectivity index (χ2n) is 6.60. The molecule has 1 aliphatic heterocycles. The number of carbonyl (C=O) groups is 1. The summed E-state index contributed by atoms with van der Waals surface area (Å²) in [7, 11) is 4.01. The molecule has 2 aromatic carbocycles. The van der Waals surface area contributed by atoms with Crippen LogP contribution in [0.15, 0.2) is 42.5 Å². The van der Waals surface area contributed by atoms with E-state index in [-0.39, 0.29) is 6.03 Å². The third kappa shape index (κ3) is 4.24. The molecule has 0 saturated heterocycles. The number of rotatable bonds is 3. The fourth-order valence-electron chi connectivity index (χ4n) is 2.83. The van der Waals surface area contributed by atoms with Gasteiger partial charge in [0.25, 0.3) is 0 Å². The Morgan fingerprint density at radius 3 is 2.68 bits per heavy atom. The zero-order valence-electron chi connectivity index (χ0n) is 15.1. The average Bonchev–Trinajstić information content (AvgIpc) is 2.82. The van der Waals surface area contributed by atoms with Gasteiger partial charge in [0.1, 0.15) is 12.4 Å². The summed E-state index contributed by atoms with van der Waals surface area (Å²) >= 11 is 0. The van der Waals surface area contributed by atoms with Crippen LogP contribution in [0.5, 0.6) is 5.75 Å². The molecule has 25 heavy (non-hydrogen) atoms. The van der Waals surface area contributed by atoms with Gasteiger partial charge in [-0.1, -0.05) is 29.8 Å². The maximum atomic E-state index is 12.6. The lowest BCUT2D eigenvalue weighted by Crippen LogP contribution is -2.40. The van der Waals surface area contributed by atoms with Crippen LogP contribution >= 0.6 is 0 Å². The summed E-state index contributed by atoms with van der Waals surface area (Å²) in [4.78, 5) is 16.4. The number of aryl methyl sites for hydroxylation is 1. The van der Waals surface area contributed by atoms with Crippen LogP contribution in [0.3, 0.4) is 0 Å². The van der Waals surface area contributed by atoms with Gasteiger partial charge in [-0.3, -0.25) is 0 Å². The number of hydrogen-bond donors (Lipinski definition) is 1. The number of anilines is 1. The van der Waals surface area contributed by atoms with Crippen molar-refractivity contribution in [2.75, 3.05) is 32.1 Å². The highest BCUT2D eigenvalue weighted by Crippen LogP contribution is 2.27. The van der Waals surface area contributed by atoms with Crippen LogP contribution in [0.25, 0.3) is 0 Å². The minimum Gasteiger partial charge on any atom is -0.491 e. The van der Waals surface area contributed by atoms with E-state index in [0.29, 0.717) is 26.2 Å². The molecule has 0 aromatic heterocycles. The molecule has 0 atom stereocenters. The van der Waals surface area contributed by atoms with Gasteiger partial charge in [-0.15, -0.1) is 0 Å². The molecule has 0 bridgehead atoms. The van der Waals surface area contributed by atoms with E-state index in [1.54, 1.807) is 4.90 Å². The Bertz CT molecular complexity index is 741. The molecule has 0 radical (unpaired) electrons. The van der Waals surface area contributed by atoms with E-state index in [9.17, 15) is 4.79 Å². The maximum absolute atomic E-state index is 12.6. The molecule has 5 heteroatoms. The fourth-order valence-corrected chi connectivity index (χ4v) is 2.83. The molecule has 1 aliphatic rings. The van der Waals surface area contributed by atoms with Crippen molar-refractivity contribution in [1.82, 2.24) is 10.2 Å². The summed E-state index contributed by atoms with van der Waals surface area (Å²) in [5, 5.41) is 3.01. The molecular formula is C20H25N3O2. The Morgan fingerprint density at radius 2 is 1.96 bits per heavy atom. The Morgan fingerprint density at radius 1 is 1.20 bits per heavy atom. The Balaban J connectivity index is 1.66. The predicted molar refractivity (Wildman–Crippen MR) is 100 cm³/mol. The van der Waals surface area contributed by atoms with E-state index in [1.165, 1.54) is 5.56 Å². The molecule has 3 rings (SSSR count). The summed E-state index contributed by atoms with van der Waals surface area (Å²) in [6.07, 6.45) is 0. The SMILES string of the molecule is Cc1ccc(CNC(=O)N2CCOc3ccc(N(C)C)cc3C2)cc1. The topological polar surface area (TPSA) is 44.8 Å². The van der Waals surface area contributed by atoms with E-state index in [2.05, 4.69) is 30.4 Å². The van der Waals surface area contributed by atoms with Gasteiger partial charge in [-0.05, 0) is 30.7 Å². The smallest absolute Gasteiger partial charge is 0.318 e. The van der Waals surface area contributed by atoms with Crippen molar-refractivity contribution in [2.24, 2.45) is 0 Å². The van der Waals surface area contributed by atoms with E-state index < -0.39 is 0 Å². The first-order valence-corrected chi connectivity index (χ1v) is 8.54. The number of fused-ring (bicyclic) bond motifs is 1. The molecular weight excluding hydrogens is 314 g/mol. The summed E-state index contributed by atoms with van der Waals surface area (Å²) in [6.45, 7) is 4.22. The highest BCUT2D eigenvalue weighted by Gasteiger charge is 2.20. The molecule has 0 fully saturated rings. The number of nitrogens with one attached hydrogen (secondary N) is 1. The van der Waals surface area contributed by atoms with E-state index in [4.69, 9.17) is 4.74 Å². The first-order valence-electron chi connectivity index (χ1n) is 8.54. The molecule has 2 amide bonds. The molecule has 0 unspecified atom stereocenters. The van der Waals surface area contributed by atoms with Crippen molar-refractivity contribution < 1.29 is 9.53 Å². The van der Waals surface area contributed by atoms with E-state index in [1.807, 2.05) is 43.3 Å². The van der Waals surface area contributed by atoms with Crippen molar-refractivity contribution in [1.29, 1.82) is 0 Å². The third-order valence-corrected chi connectivity index (χ3v) is 4.39. The Kier molecular flexibility index (Phi) is 5.12. The monoisotopic (exact) mass is 339 g/mol. The van der Waals surface area contributed by atoms with Gasteiger partial charge in [0.2, 0.25) is 0 Å². The second kappa shape index (κ2) is 7.47. The lowest BCUT2D eigenvalue weighted by Gasteiger charge is -2.21. The van der Waals surface area contributed by atoms with Crippen LogP contribution in [0, 0.1) is 6.92 Å². The molecule has 132 valence electrons. The van der Waals surface area contributed by atoms with Gasteiger partial charge >= 0.3 is 6.03 Å². The van der Waals surface area contributed by atoms with Crippen LogP contribution in [-0.2, 0) is 13.1 Å². The molecule has 0 spiro atoms. The maximum Gasteiger partial charge on any atom is 0.318 e. The number of benzene rings is 2. The number of amides is 2. The van der Waals surface area contributed by atoms with Gasteiger partial charge in [0.15, 0.2) is 0 Å². The minimum atomic E-state index is -0.0627. The van der Waals surface area contributed by atoms with Crippen LogP contribution in [0.1, 0.15) is 16.7 Å². The molecule has 0 aliphatic carbocycles. The van der Waals surface area contributed by atoms with Crippen LogP contribution < -0.4 is 15.0 Å². The van der Waals surface area contributed by atoms with Crippen molar-refractivity contribution in [3.05, 3.63) is 59.2 Å². The number of urea groups is 1. The lowest BCUT2D eigenvalue weighted by molar-refractivity contribution is 0.187. The van der Waals surface area contributed by atoms with Crippen molar-refractivity contribution in [3.8, 4) is 5.75 Å². The lowest BCUT2D eigenvalue weighted by atomic mass is 10.1. The largest absolute Gasteiger partial charge is 0.491 e. The first kappa shape index (κ1) is 17.1. The number of hydrogen-bond acceptors (Lipinski definition) is 3. The molecule has 1 heterocycles. The summed E-state index contributed by atoms with van der Waals surface area (Å²) < 4.78 is 5.80. The predicted octanol–water partition coefficient (Wildman–Crippen LogP) is 3.17. The zero-order valence-corrected chi connectivity index (χ0v) is 15.1. The highest BCUT2D eigenvalue weighted by molar-refractivity contribution is 5.74. The van der Waals surface area contributed by atoms with Gasteiger partial charge in [-0.2, -0.15) is 0 Å². The first-order chi connectivity index (χ1) is 12.0. The van der Waals surface area contributed by atoms with E-state index >= 15 is 0 Å². The van der Waals surface area contributed by atoms with Crippen LogP contribution in [-0.4, -0.2) is 38.2 Å². The van der Waals surface area contributed by atoms with E-state index in [0.717, 1.165) is 22.6 Å². The zero-order chi connectivity index (χ0) is 17.8. The number of ether oxygens (including phenoxy) is 1. The summed E-state index contributed by atoms with van der Waals surface area (Å²) in [5.41, 5.74) is 4.45. The molecule has 0 saturated carbocycles. The normalized spacial score (nSPS) is 13.5. The second-order valence-corrected chi connectivity index (χ2v) is 6.60. The average molecular weight is 339 g/mol. The van der Waals surface area contributed by atoms with Crippen molar-refractivity contribution in [2.45, 2.75) is 20.0 Å². The molecule has 1 N–H and O–H groups in total. The Labute approximate surface area is 149 Å². The fraction of sp³-hybridized carbons (Fsp3) is 0.350. The Hall–Kier alpha value is -2.69. The van der Waals surface area contributed by atoms with Crippen LogP contribution in [0.2, 0.25) is 0 Å². The standard InChI is InChI=1S/C20H25N3O2/c1-15-4-6-16(7-5-15)13-21-20(24)23-10-11-25-19-9-8-18(22(2)3)12-17(19)14-23/h4-9,12H,10-11,13-14H2,1-3H3,(H,21,24). The molecule has 2 aromatic rings. The number of carbonyl (C=O) groups excluding carboxylic acids is 1. The van der Waals surface area contributed by atoms with Gasteiger partial charge in [-0.25, -0.2) is 4.79 Å². The minimum absolute atomic E-state index is 0.0627. The highest BCUT2D eigenvalue weighted by atomic mass is 16.5. The quantitative estimate of drug-likeness (QED) is 0.934. The summed E-state index contributed by atoms with van der Waals surface area (Å²) in [5.74, 6) is 0.861. The third-order valence-electron chi connectivity index (χ3n) is 4.39. The van der Waals surface area contributed by atoms with Crippen molar-refractivity contribution in [3.63, 3.8) is 0 Å². The van der Waals surface area contributed by atoms with Crippen molar-refractivity contribution >= 4 is 11.7 Å².